The van der Waals surface area contributed by atoms with Crippen LogP contribution in [0.2, 0.25) is 5.28 Å². The number of rotatable bonds is 3. The first-order valence-corrected chi connectivity index (χ1v) is 6.45. The molecule has 0 aliphatic rings. The lowest BCUT2D eigenvalue weighted by atomic mass is 10.1. The van der Waals surface area contributed by atoms with Crippen molar-refractivity contribution in [3.8, 4) is 17.4 Å². The molecule has 0 N–H and O–H groups in total. The second-order valence-corrected chi connectivity index (χ2v) is 4.75. The molecule has 2 aromatic rings. The van der Waals surface area contributed by atoms with Crippen LogP contribution in [0.15, 0.2) is 5.38 Å². The minimum absolute atomic E-state index is 0.00302. The first-order chi connectivity index (χ1) is 9.06. The van der Waals surface area contributed by atoms with Crippen molar-refractivity contribution >= 4 is 28.9 Å². The van der Waals surface area contributed by atoms with Gasteiger partial charge in [-0.15, -0.1) is 11.3 Å². The molecule has 2 heterocycles. The quantitative estimate of drug-likeness (QED) is 0.810. The van der Waals surface area contributed by atoms with Gasteiger partial charge in [-0.3, -0.25) is 0 Å². The standard InChI is InChI=1S/C11H10ClN3O3S/c1-5-4-19-7(9(16)17-2)6(5)8-13-10(12)15-11(14-8)18-3/h4H,1-3H3. The molecule has 2 rings (SSSR count). The Morgan fingerprint density at radius 3 is 2.68 bits per heavy atom. The van der Waals surface area contributed by atoms with Crippen LogP contribution in [0.1, 0.15) is 15.2 Å². The van der Waals surface area contributed by atoms with Crippen molar-refractivity contribution < 1.29 is 14.3 Å². The van der Waals surface area contributed by atoms with Gasteiger partial charge in [0.05, 0.1) is 14.2 Å². The summed E-state index contributed by atoms with van der Waals surface area (Å²) in [5, 5.41) is 1.83. The number of halogens is 1. The van der Waals surface area contributed by atoms with E-state index in [1.807, 2.05) is 12.3 Å². The normalized spacial score (nSPS) is 10.3. The zero-order valence-electron chi connectivity index (χ0n) is 10.4. The predicted octanol–water partition coefficient (Wildman–Crippen LogP) is 2.36. The topological polar surface area (TPSA) is 74.2 Å². The van der Waals surface area contributed by atoms with Crippen molar-refractivity contribution in [1.29, 1.82) is 0 Å². The summed E-state index contributed by atoms with van der Waals surface area (Å²) >= 11 is 7.07. The van der Waals surface area contributed by atoms with E-state index in [2.05, 4.69) is 15.0 Å². The van der Waals surface area contributed by atoms with Gasteiger partial charge in [0, 0.05) is 5.56 Å². The Morgan fingerprint density at radius 1 is 1.32 bits per heavy atom. The molecule has 0 atom stereocenters. The number of hydrogen-bond acceptors (Lipinski definition) is 7. The van der Waals surface area contributed by atoms with Crippen molar-refractivity contribution in [2.45, 2.75) is 6.92 Å². The lowest BCUT2D eigenvalue weighted by Crippen LogP contribution is -2.04. The van der Waals surface area contributed by atoms with E-state index in [-0.39, 0.29) is 17.1 Å². The molecule has 0 aliphatic carbocycles. The third-order valence-corrected chi connectivity index (χ3v) is 3.59. The van der Waals surface area contributed by atoms with Gasteiger partial charge in [0.15, 0.2) is 5.82 Å². The van der Waals surface area contributed by atoms with Gasteiger partial charge in [-0.25, -0.2) is 4.79 Å². The summed E-state index contributed by atoms with van der Waals surface area (Å²) in [5.74, 6) is -0.153. The van der Waals surface area contributed by atoms with Crippen molar-refractivity contribution in [2.75, 3.05) is 14.2 Å². The Kier molecular flexibility index (Phi) is 3.96. The van der Waals surface area contributed by atoms with E-state index in [1.165, 1.54) is 25.6 Å². The Labute approximate surface area is 118 Å². The molecule has 100 valence electrons. The third-order valence-electron chi connectivity index (χ3n) is 2.34. The fraction of sp³-hybridized carbons (Fsp3) is 0.273. The Balaban J connectivity index is 2.61. The van der Waals surface area contributed by atoms with Gasteiger partial charge in [0.25, 0.3) is 0 Å². The minimum atomic E-state index is -0.441. The SMILES string of the molecule is COC(=O)c1scc(C)c1-c1nc(Cl)nc(OC)n1. The van der Waals surface area contributed by atoms with Gasteiger partial charge in [0.2, 0.25) is 5.28 Å². The van der Waals surface area contributed by atoms with Crippen molar-refractivity contribution in [1.82, 2.24) is 15.0 Å². The molecule has 0 saturated heterocycles. The maximum Gasteiger partial charge on any atom is 0.348 e. The number of aryl methyl sites for hydroxylation is 1. The number of carbonyl (C=O) groups excluding carboxylic acids is 1. The molecular weight excluding hydrogens is 290 g/mol. The van der Waals surface area contributed by atoms with Crippen LogP contribution in [0.25, 0.3) is 11.4 Å². The number of methoxy groups -OCH3 is 2. The first kappa shape index (κ1) is 13.7. The molecule has 0 bridgehead atoms. The van der Waals surface area contributed by atoms with Crippen LogP contribution in [0.3, 0.4) is 0 Å². The summed E-state index contributed by atoms with van der Waals surface area (Å²) in [6.45, 7) is 1.85. The zero-order chi connectivity index (χ0) is 14.0. The largest absolute Gasteiger partial charge is 0.467 e. The monoisotopic (exact) mass is 299 g/mol. The fourth-order valence-electron chi connectivity index (χ4n) is 1.50. The molecule has 0 unspecified atom stereocenters. The smallest absolute Gasteiger partial charge is 0.348 e. The number of aromatic nitrogens is 3. The lowest BCUT2D eigenvalue weighted by Gasteiger charge is -2.05. The minimum Gasteiger partial charge on any atom is -0.467 e. The molecule has 19 heavy (non-hydrogen) atoms. The van der Waals surface area contributed by atoms with Gasteiger partial charge in [0.1, 0.15) is 4.88 Å². The molecule has 0 fully saturated rings. The fourth-order valence-corrected chi connectivity index (χ4v) is 2.61. The molecule has 8 heteroatoms. The number of hydrogen-bond donors (Lipinski definition) is 0. The summed E-state index contributed by atoms with van der Waals surface area (Å²) in [6.07, 6.45) is 0. The molecule has 2 aromatic heterocycles. The Bertz CT molecular complexity index is 630. The third kappa shape index (κ3) is 2.66. The summed E-state index contributed by atoms with van der Waals surface area (Å²) in [4.78, 5) is 24.1. The highest BCUT2D eigenvalue weighted by atomic mass is 35.5. The van der Waals surface area contributed by atoms with Gasteiger partial charge in [-0.05, 0) is 29.5 Å². The second-order valence-electron chi connectivity index (χ2n) is 3.53. The van der Waals surface area contributed by atoms with Crippen molar-refractivity contribution in [2.24, 2.45) is 0 Å². The van der Waals surface area contributed by atoms with Crippen LogP contribution in [-0.4, -0.2) is 35.1 Å². The number of carbonyl (C=O) groups is 1. The predicted molar refractivity (Wildman–Crippen MR) is 70.8 cm³/mol. The maximum atomic E-state index is 11.7. The van der Waals surface area contributed by atoms with E-state index < -0.39 is 5.97 Å². The summed E-state index contributed by atoms with van der Waals surface area (Å²) in [6, 6.07) is 0.0939. The zero-order valence-corrected chi connectivity index (χ0v) is 12.0. The molecule has 0 amide bonds. The highest BCUT2D eigenvalue weighted by molar-refractivity contribution is 7.12. The Morgan fingerprint density at radius 2 is 2.05 bits per heavy atom. The molecule has 0 radical (unpaired) electrons. The average molecular weight is 300 g/mol. The molecule has 0 aromatic carbocycles. The van der Waals surface area contributed by atoms with Crippen LogP contribution in [-0.2, 0) is 4.74 Å². The average Bonchev–Trinajstić information content (AvgIpc) is 2.79. The number of thiophene rings is 1. The van der Waals surface area contributed by atoms with E-state index in [4.69, 9.17) is 21.1 Å². The van der Waals surface area contributed by atoms with Crippen LogP contribution in [0.4, 0.5) is 0 Å². The Hall–Kier alpha value is -1.73. The van der Waals surface area contributed by atoms with Crippen LogP contribution >= 0.6 is 22.9 Å². The van der Waals surface area contributed by atoms with Gasteiger partial charge >= 0.3 is 12.0 Å². The van der Waals surface area contributed by atoms with Crippen LogP contribution < -0.4 is 4.74 Å². The van der Waals surface area contributed by atoms with E-state index in [9.17, 15) is 4.79 Å². The summed E-state index contributed by atoms with van der Waals surface area (Å²) < 4.78 is 9.68. The highest BCUT2D eigenvalue weighted by Gasteiger charge is 2.21. The number of esters is 1. The number of nitrogens with zero attached hydrogens (tertiary/aromatic N) is 3. The molecule has 6 nitrogen and oxygen atoms in total. The van der Waals surface area contributed by atoms with E-state index >= 15 is 0 Å². The number of ether oxygens (including phenoxy) is 2. The molecule has 0 aliphatic heterocycles. The molecule has 0 spiro atoms. The van der Waals surface area contributed by atoms with E-state index in [0.717, 1.165) is 5.56 Å². The summed E-state index contributed by atoms with van der Waals surface area (Å²) in [7, 11) is 2.75. The van der Waals surface area contributed by atoms with Crippen molar-refractivity contribution in [3.05, 3.63) is 21.1 Å². The van der Waals surface area contributed by atoms with Gasteiger partial charge < -0.3 is 9.47 Å². The summed E-state index contributed by atoms with van der Waals surface area (Å²) in [5.41, 5.74) is 1.44. The molecular formula is C11H10ClN3O3S. The van der Waals surface area contributed by atoms with E-state index in [0.29, 0.717) is 10.4 Å². The van der Waals surface area contributed by atoms with Crippen LogP contribution in [0.5, 0.6) is 6.01 Å². The maximum absolute atomic E-state index is 11.7. The van der Waals surface area contributed by atoms with Gasteiger partial charge in [-0.2, -0.15) is 15.0 Å². The van der Waals surface area contributed by atoms with Crippen LogP contribution in [0, 0.1) is 6.92 Å². The van der Waals surface area contributed by atoms with E-state index in [1.54, 1.807) is 0 Å². The van der Waals surface area contributed by atoms with Gasteiger partial charge in [-0.1, -0.05) is 0 Å². The molecule has 0 saturated carbocycles. The lowest BCUT2D eigenvalue weighted by molar-refractivity contribution is 0.0607. The second kappa shape index (κ2) is 5.50. The first-order valence-electron chi connectivity index (χ1n) is 5.19. The highest BCUT2D eigenvalue weighted by Crippen LogP contribution is 2.31. The van der Waals surface area contributed by atoms with Crippen molar-refractivity contribution in [3.63, 3.8) is 0 Å².